The standard InChI is InChI=1S/C29H34FN5O3S/c1-37-19-23-17-27(35-13-11-34(12-14-35)26-10-3-2-9-25(26)30)33-29(32-23)39-20-21-6-4-7-22(16-21)28(36)31-18-24-8-5-15-38-24/h2-4,6-7,9-10,16-17,24H,5,8,11-15,18-20H2,1H3,(H,31,36). The van der Waals surface area contributed by atoms with Gasteiger partial charge in [0.15, 0.2) is 5.16 Å². The van der Waals surface area contributed by atoms with Crippen molar-refractivity contribution in [3.63, 3.8) is 0 Å². The Labute approximate surface area is 232 Å². The van der Waals surface area contributed by atoms with Gasteiger partial charge in [0.2, 0.25) is 0 Å². The first-order valence-electron chi connectivity index (χ1n) is 13.3. The molecule has 206 valence electrons. The zero-order valence-corrected chi connectivity index (χ0v) is 23.0. The fourth-order valence-corrected chi connectivity index (χ4v) is 5.67. The number of aromatic nitrogens is 2. The number of piperazine rings is 1. The van der Waals surface area contributed by atoms with Crippen LogP contribution in [-0.4, -0.2) is 68.4 Å². The lowest BCUT2D eigenvalue weighted by Crippen LogP contribution is -2.47. The molecule has 2 aromatic carbocycles. The van der Waals surface area contributed by atoms with Gasteiger partial charge in [0, 0.05) is 63.8 Å². The van der Waals surface area contributed by atoms with Gasteiger partial charge in [0.05, 0.1) is 24.1 Å². The smallest absolute Gasteiger partial charge is 0.251 e. The number of methoxy groups -OCH3 is 1. The van der Waals surface area contributed by atoms with Gasteiger partial charge in [0.1, 0.15) is 11.6 Å². The maximum Gasteiger partial charge on any atom is 0.251 e. The molecule has 0 spiro atoms. The minimum atomic E-state index is -0.196. The van der Waals surface area contributed by atoms with E-state index in [0.717, 1.165) is 49.6 Å². The third kappa shape index (κ3) is 7.26. The highest BCUT2D eigenvalue weighted by Gasteiger charge is 2.22. The number of halogens is 1. The van der Waals surface area contributed by atoms with Crippen molar-refractivity contribution in [2.24, 2.45) is 0 Å². The monoisotopic (exact) mass is 551 g/mol. The van der Waals surface area contributed by atoms with Crippen LogP contribution in [0, 0.1) is 5.82 Å². The summed E-state index contributed by atoms with van der Waals surface area (Å²) in [6.45, 7) is 4.56. The number of thioether (sulfide) groups is 1. The first-order chi connectivity index (χ1) is 19.1. The zero-order valence-electron chi connectivity index (χ0n) is 22.1. The zero-order chi connectivity index (χ0) is 27.0. The minimum Gasteiger partial charge on any atom is -0.378 e. The van der Waals surface area contributed by atoms with Crippen LogP contribution in [0.15, 0.2) is 59.8 Å². The molecule has 1 atom stereocenters. The van der Waals surface area contributed by atoms with Crippen molar-refractivity contribution >= 4 is 29.2 Å². The summed E-state index contributed by atoms with van der Waals surface area (Å²) in [5.74, 6) is 1.19. The van der Waals surface area contributed by atoms with Gasteiger partial charge in [0.25, 0.3) is 5.91 Å². The molecular weight excluding hydrogens is 517 g/mol. The molecule has 2 aliphatic heterocycles. The predicted octanol–water partition coefficient (Wildman–Crippen LogP) is 4.29. The Morgan fingerprint density at radius 3 is 2.69 bits per heavy atom. The van der Waals surface area contributed by atoms with Crippen LogP contribution >= 0.6 is 11.8 Å². The van der Waals surface area contributed by atoms with Crippen molar-refractivity contribution < 1.29 is 18.7 Å². The summed E-state index contributed by atoms with van der Waals surface area (Å²) in [5.41, 5.74) is 3.10. The second kappa shape index (κ2) is 13.2. The fourth-order valence-electron chi connectivity index (χ4n) is 4.86. The van der Waals surface area contributed by atoms with Crippen LogP contribution in [0.1, 0.15) is 34.5 Å². The number of nitrogens with one attached hydrogen (secondary N) is 1. The number of nitrogens with zero attached hydrogens (tertiary/aromatic N) is 4. The number of ether oxygens (including phenoxy) is 2. The van der Waals surface area contributed by atoms with Gasteiger partial charge in [-0.2, -0.15) is 0 Å². The van der Waals surface area contributed by atoms with Crippen molar-refractivity contribution in [2.45, 2.75) is 36.5 Å². The van der Waals surface area contributed by atoms with Crippen molar-refractivity contribution in [1.82, 2.24) is 15.3 Å². The Balaban J connectivity index is 1.22. The molecule has 8 nitrogen and oxygen atoms in total. The topological polar surface area (TPSA) is 79.8 Å². The summed E-state index contributed by atoms with van der Waals surface area (Å²) in [5, 5.41) is 3.64. The lowest BCUT2D eigenvalue weighted by atomic mass is 10.1. The third-order valence-corrected chi connectivity index (χ3v) is 7.82. The van der Waals surface area contributed by atoms with E-state index in [4.69, 9.17) is 14.5 Å². The third-order valence-electron chi connectivity index (χ3n) is 6.91. The Kier molecular flexibility index (Phi) is 9.28. The number of hydrogen-bond acceptors (Lipinski definition) is 8. The van der Waals surface area contributed by atoms with Gasteiger partial charge >= 0.3 is 0 Å². The Bertz CT molecular complexity index is 1270. The molecule has 0 aliphatic carbocycles. The van der Waals surface area contributed by atoms with Crippen molar-refractivity contribution in [3.05, 3.63) is 77.2 Å². The summed E-state index contributed by atoms with van der Waals surface area (Å²) in [7, 11) is 1.65. The molecule has 39 heavy (non-hydrogen) atoms. The highest BCUT2D eigenvalue weighted by molar-refractivity contribution is 7.98. The number of amides is 1. The van der Waals surface area contributed by atoms with E-state index in [2.05, 4.69) is 20.1 Å². The van der Waals surface area contributed by atoms with Gasteiger partial charge < -0.3 is 24.6 Å². The van der Waals surface area contributed by atoms with Crippen LogP contribution < -0.4 is 15.1 Å². The predicted molar refractivity (Wildman–Crippen MR) is 151 cm³/mol. The number of anilines is 2. The normalized spacial score (nSPS) is 17.4. The molecule has 1 N–H and O–H groups in total. The van der Waals surface area contributed by atoms with E-state index in [0.29, 0.717) is 48.4 Å². The summed E-state index contributed by atoms with van der Waals surface area (Å²) in [4.78, 5) is 26.5. The van der Waals surface area contributed by atoms with E-state index in [-0.39, 0.29) is 17.8 Å². The summed E-state index contributed by atoms with van der Waals surface area (Å²) >= 11 is 1.53. The Morgan fingerprint density at radius 1 is 1.10 bits per heavy atom. The van der Waals surface area contributed by atoms with Crippen LogP contribution in [0.2, 0.25) is 0 Å². The molecule has 0 saturated carbocycles. The molecule has 5 rings (SSSR count). The van der Waals surface area contributed by atoms with Crippen molar-refractivity contribution in [1.29, 1.82) is 0 Å². The maximum atomic E-state index is 14.3. The largest absolute Gasteiger partial charge is 0.378 e. The summed E-state index contributed by atoms with van der Waals surface area (Å²) in [6.07, 6.45) is 2.15. The molecule has 3 heterocycles. The summed E-state index contributed by atoms with van der Waals surface area (Å²) < 4.78 is 25.2. The second-order valence-corrected chi connectivity index (χ2v) is 10.6. The number of hydrogen-bond donors (Lipinski definition) is 1. The molecule has 0 bridgehead atoms. The first kappa shape index (κ1) is 27.4. The average molecular weight is 552 g/mol. The van der Waals surface area contributed by atoms with Crippen LogP contribution in [0.5, 0.6) is 0 Å². The van der Waals surface area contributed by atoms with E-state index >= 15 is 0 Å². The van der Waals surface area contributed by atoms with Crippen molar-refractivity contribution in [3.8, 4) is 0 Å². The Morgan fingerprint density at radius 2 is 1.92 bits per heavy atom. The van der Waals surface area contributed by atoms with Crippen molar-refractivity contribution in [2.75, 3.05) is 56.2 Å². The molecule has 1 aromatic heterocycles. The van der Waals surface area contributed by atoms with Gasteiger partial charge in [-0.15, -0.1) is 0 Å². The lowest BCUT2D eigenvalue weighted by Gasteiger charge is -2.37. The molecule has 1 amide bonds. The number of carbonyl (C=O) groups is 1. The van der Waals surface area contributed by atoms with E-state index in [9.17, 15) is 9.18 Å². The second-order valence-electron chi connectivity index (χ2n) is 9.69. The number of benzene rings is 2. The number of carbonyl (C=O) groups excluding carboxylic acids is 1. The quantitative estimate of drug-likeness (QED) is 0.295. The van der Waals surface area contributed by atoms with Crippen LogP contribution in [0.4, 0.5) is 15.9 Å². The Hall–Kier alpha value is -3.21. The summed E-state index contributed by atoms with van der Waals surface area (Å²) in [6, 6.07) is 16.5. The SMILES string of the molecule is COCc1cc(N2CCN(c3ccccc3F)CC2)nc(SCc2cccc(C(=O)NCC3CCCO3)c2)n1. The van der Waals surface area contributed by atoms with Gasteiger partial charge in [-0.05, 0) is 42.7 Å². The molecule has 10 heteroatoms. The molecule has 0 radical (unpaired) electrons. The van der Waals surface area contributed by atoms with Crippen LogP contribution in [-0.2, 0) is 21.8 Å². The number of rotatable bonds is 10. The molecule has 2 aliphatic rings. The highest BCUT2D eigenvalue weighted by atomic mass is 32.2. The van der Waals surface area contributed by atoms with E-state index in [1.807, 2.05) is 42.5 Å². The van der Waals surface area contributed by atoms with E-state index in [1.54, 1.807) is 13.2 Å². The molecule has 1 unspecified atom stereocenters. The number of para-hydroxylation sites is 1. The fraction of sp³-hybridized carbons (Fsp3) is 0.414. The van der Waals surface area contributed by atoms with Gasteiger partial charge in [-0.25, -0.2) is 14.4 Å². The van der Waals surface area contributed by atoms with Crippen LogP contribution in [0.25, 0.3) is 0 Å². The molecule has 3 aromatic rings. The van der Waals surface area contributed by atoms with Gasteiger partial charge in [-0.3, -0.25) is 4.79 Å². The van der Waals surface area contributed by atoms with Gasteiger partial charge in [-0.1, -0.05) is 36.0 Å². The maximum absolute atomic E-state index is 14.3. The molecular formula is C29H34FN5O3S. The molecule has 2 fully saturated rings. The van der Waals surface area contributed by atoms with Crippen LogP contribution in [0.3, 0.4) is 0 Å². The highest BCUT2D eigenvalue weighted by Crippen LogP contribution is 2.26. The first-order valence-corrected chi connectivity index (χ1v) is 14.3. The van der Waals surface area contributed by atoms with E-state index < -0.39 is 0 Å². The minimum absolute atomic E-state index is 0.0903. The molecule has 2 saturated heterocycles. The lowest BCUT2D eigenvalue weighted by molar-refractivity contribution is 0.0857. The van der Waals surface area contributed by atoms with E-state index in [1.165, 1.54) is 17.8 Å². The average Bonchev–Trinajstić information content (AvgIpc) is 3.49.